The SMILES string of the molecule is CC(=O)Nc1cccc(Nc2nnc(SCc3nc(N)nc(N(C)C)n3)s2)c1. The molecule has 10 nitrogen and oxygen atoms in total. The lowest BCUT2D eigenvalue weighted by Gasteiger charge is -2.10. The maximum absolute atomic E-state index is 11.2. The van der Waals surface area contributed by atoms with E-state index in [9.17, 15) is 4.79 Å². The molecule has 4 N–H and O–H groups in total. The van der Waals surface area contributed by atoms with Crippen LogP contribution in [-0.4, -0.2) is 45.2 Å². The number of thioether (sulfide) groups is 1. The number of aromatic nitrogens is 5. The summed E-state index contributed by atoms with van der Waals surface area (Å²) < 4.78 is 0.769. The van der Waals surface area contributed by atoms with Crippen molar-refractivity contribution >= 4 is 57.4 Å². The van der Waals surface area contributed by atoms with Gasteiger partial charge in [0.25, 0.3) is 0 Å². The van der Waals surface area contributed by atoms with Crippen LogP contribution in [0.25, 0.3) is 0 Å². The van der Waals surface area contributed by atoms with Crippen LogP contribution in [0.3, 0.4) is 0 Å². The van der Waals surface area contributed by atoms with Crippen LogP contribution in [0.5, 0.6) is 0 Å². The Hall–Kier alpha value is -2.99. The molecule has 12 heteroatoms. The molecule has 0 fully saturated rings. The van der Waals surface area contributed by atoms with Gasteiger partial charge in [0.15, 0.2) is 4.34 Å². The number of carbonyl (C=O) groups is 1. The normalized spacial score (nSPS) is 10.5. The van der Waals surface area contributed by atoms with Crippen molar-refractivity contribution in [1.29, 1.82) is 0 Å². The number of nitrogens with two attached hydrogens (primary N) is 1. The Labute approximate surface area is 170 Å². The molecule has 2 aromatic heterocycles. The van der Waals surface area contributed by atoms with Gasteiger partial charge in [-0.3, -0.25) is 4.79 Å². The molecular weight excluding hydrogens is 398 g/mol. The highest BCUT2D eigenvalue weighted by Crippen LogP contribution is 2.30. The minimum atomic E-state index is -0.122. The van der Waals surface area contributed by atoms with Gasteiger partial charge >= 0.3 is 0 Å². The summed E-state index contributed by atoms with van der Waals surface area (Å²) in [4.78, 5) is 25.5. The molecule has 28 heavy (non-hydrogen) atoms. The van der Waals surface area contributed by atoms with Crippen LogP contribution in [0.15, 0.2) is 28.6 Å². The number of hydrogen-bond donors (Lipinski definition) is 3. The van der Waals surface area contributed by atoms with Gasteiger partial charge in [-0.2, -0.15) is 15.0 Å². The maximum atomic E-state index is 11.2. The predicted molar refractivity (Wildman–Crippen MR) is 112 cm³/mol. The lowest BCUT2D eigenvalue weighted by molar-refractivity contribution is -0.114. The van der Waals surface area contributed by atoms with Crippen molar-refractivity contribution in [3.63, 3.8) is 0 Å². The summed E-state index contributed by atoms with van der Waals surface area (Å²) in [6.07, 6.45) is 0. The van der Waals surface area contributed by atoms with Crippen molar-refractivity contribution in [2.75, 3.05) is 35.4 Å². The average molecular weight is 418 g/mol. The maximum Gasteiger partial charge on any atom is 0.229 e. The van der Waals surface area contributed by atoms with Crippen LogP contribution >= 0.6 is 23.1 Å². The second-order valence-corrected chi connectivity index (χ2v) is 8.05. The molecule has 0 unspecified atom stereocenters. The molecule has 0 aliphatic rings. The summed E-state index contributed by atoms with van der Waals surface area (Å²) in [5, 5.41) is 14.9. The van der Waals surface area contributed by atoms with Crippen LogP contribution < -0.4 is 21.3 Å². The lowest BCUT2D eigenvalue weighted by atomic mass is 10.3. The van der Waals surface area contributed by atoms with Gasteiger partial charge in [0, 0.05) is 32.4 Å². The van der Waals surface area contributed by atoms with E-state index < -0.39 is 0 Å². The molecule has 1 aromatic carbocycles. The van der Waals surface area contributed by atoms with Gasteiger partial charge < -0.3 is 21.3 Å². The third kappa shape index (κ3) is 5.50. The van der Waals surface area contributed by atoms with Crippen molar-refractivity contribution in [3.8, 4) is 0 Å². The molecule has 0 radical (unpaired) electrons. The highest BCUT2D eigenvalue weighted by molar-refractivity contribution is 8.00. The zero-order valence-corrected chi connectivity index (χ0v) is 17.1. The highest BCUT2D eigenvalue weighted by atomic mass is 32.2. The van der Waals surface area contributed by atoms with Gasteiger partial charge in [-0.05, 0) is 18.2 Å². The fourth-order valence-corrected chi connectivity index (χ4v) is 3.76. The van der Waals surface area contributed by atoms with E-state index in [2.05, 4.69) is 35.8 Å². The zero-order chi connectivity index (χ0) is 20.1. The summed E-state index contributed by atoms with van der Waals surface area (Å²) in [6, 6.07) is 7.37. The molecule has 2 heterocycles. The summed E-state index contributed by atoms with van der Waals surface area (Å²) >= 11 is 2.88. The second kappa shape index (κ2) is 8.80. The van der Waals surface area contributed by atoms with Crippen molar-refractivity contribution in [2.24, 2.45) is 0 Å². The molecule has 0 aliphatic heterocycles. The Morgan fingerprint density at radius 1 is 1.21 bits per heavy atom. The summed E-state index contributed by atoms with van der Waals surface area (Å²) in [7, 11) is 3.69. The van der Waals surface area contributed by atoms with Gasteiger partial charge in [-0.1, -0.05) is 29.2 Å². The molecule has 0 spiro atoms. The number of amides is 1. The number of hydrogen-bond acceptors (Lipinski definition) is 11. The van der Waals surface area contributed by atoms with E-state index in [1.165, 1.54) is 30.0 Å². The molecule has 0 saturated heterocycles. The standard InChI is InChI=1S/C16H19N9OS2/c1-9(26)18-10-5-4-6-11(7-10)19-15-23-24-16(28-15)27-8-12-20-13(17)22-14(21-12)25(2)3/h4-7H,8H2,1-3H3,(H,18,26)(H,19,23)(H2,17,20,21,22). The number of benzene rings is 1. The number of nitrogens with zero attached hydrogens (tertiary/aromatic N) is 6. The van der Waals surface area contributed by atoms with E-state index in [-0.39, 0.29) is 11.9 Å². The molecule has 0 aliphatic carbocycles. The molecule has 0 bridgehead atoms. The van der Waals surface area contributed by atoms with E-state index in [4.69, 9.17) is 5.73 Å². The number of nitrogen functional groups attached to an aromatic ring is 1. The molecule has 0 saturated carbocycles. The quantitative estimate of drug-likeness (QED) is 0.492. The number of anilines is 5. The zero-order valence-electron chi connectivity index (χ0n) is 15.5. The fraction of sp³-hybridized carbons (Fsp3) is 0.250. The largest absolute Gasteiger partial charge is 0.368 e. The predicted octanol–water partition coefficient (Wildman–Crippen LogP) is 2.37. The molecule has 3 aromatic rings. The first-order valence-electron chi connectivity index (χ1n) is 8.18. The van der Waals surface area contributed by atoms with E-state index in [0.29, 0.717) is 28.3 Å². The van der Waals surface area contributed by atoms with Crippen molar-refractivity contribution < 1.29 is 4.79 Å². The van der Waals surface area contributed by atoms with Crippen molar-refractivity contribution in [1.82, 2.24) is 25.1 Å². The fourth-order valence-electron chi connectivity index (χ4n) is 2.14. The molecular formula is C16H19N9OS2. The van der Waals surface area contributed by atoms with E-state index in [0.717, 1.165) is 10.0 Å². The average Bonchev–Trinajstić information content (AvgIpc) is 3.06. The second-order valence-electron chi connectivity index (χ2n) is 5.85. The van der Waals surface area contributed by atoms with Gasteiger partial charge in [0.1, 0.15) is 5.82 Å². The third-order valence-electron chi connectivity index (χ3n) is 3.25. The van der Waals surface area contributed by atoms with Crippen LogP contribution in [0, 0.1) is 0 Å². The van der Waals surface area contributed by atoms with Gasteiger partial charge in [-0.25, -0.2) is 0 Å². The molecule has 146 valence electrons. The van der Waals surface area contributed by atoms with Gasteiger partial charge in [0.2, 0.25) is 22.9 Å². The smallest absolute Gasteiger partial charge is 0.229 e. The molecule has 0 atom stereocenters. The summed E-state index contributed by atoms with van der Waals surface area (Å²) in [5.74, 6) is 1.66. The third-order valence-corrected chi connectivity index (χ3v) is 5.22. The van der Waals surface area contributed by atoms with E-state index >= 15 is 0 Å². The van der Waals surface area contributed by atoms with Crippen molar-refractivity contribution in [3.05, 3.63) is 30.1 Å². The topological polar surface area (TPSA) is 135 Å². The summed E-state index contributed by atoms with van der Waals surface area (Å²) in [6.45, 7) is 1.47. The Balaban J connectivity index is 1.63. The minimum absolute atomic E-state index is 0.122. The van der Waals surface area contributed by atoms with Crippen LogP contribution in [0.1, 0.15) is 12.7 Å². The van der Waals surface area contributed by atoms with Crippen LogP contribution in [-0.2, 0) is 10.5 Å². The molecule has 1 amide bonds. The monoisotopic (exact) mass is 417 g/mol. The Morgan fingerprint density at radius 3 is 2.75 bits per heavy atom. The number of rotatable bonds is 7. The van der Waals surface area contributed by atoms with E-state index in [1.807, 2.05) is 38.4 Å². The first kappa shape index (κ1) is 19.8. The Bertz CT molecular complexity index is 976. The Kier molecular flexibility index (Phi) is 6.21. The van der Waals surface area contributed by atoms with Gasteiger partial charge in [-0.15, -0.1) is 10.2 Å². The lowest BCUT2D eigenvalue weighted by Crippen LogP contribution is -2.15. The first-order chi connectivity index (χ1) is 13.4. The summed E-state index contributed by atoms with van der Waals surface area (Å²) in [5.41, 5.74) is 7.25. The Morgan fingerprint density at radius 2 is 2.00 bits per heavy atom. The van der Waals surface area contributed by atoms with Crippen molar-refractivity contribution in [2.45, 2.75) is 17.0 Å². The van der Waals surface area contributed by atoms with Gasteiger partial charge in [0.05, 0.1) is 5.75 Å². The van der Waals surface area contributed by atoms with Crippen LogP contribution in [0.4, 0.5) is 28.4 Å². The van der Waals surface area contributed by atoms with E-state index in [1.54, 1.807) is 4.90 Å². The van der Waals surface area contributed by atoms with Crippen LogP contribution in [0.2, 0.25) is 0 Å². The number of nitrogens with one attached hydrogen (secondary N) is 2. The molecule has 3 rings (SSSR count). The minimum Gasteiger partial charge on any atom is -0.368 e. The number of carbonyl (C=O) groups excluding carboxylic acids is 1. The highest BCUT2D eigenvalue weighted by Gasteiger charge is 2.10. The first-order valence-corrected chi connectivity index (χ1v) is 9.98.